The minimum atomic E-state index is -4.43. The van der Waals surface area contributed by atoms with Crippen LogP contribution in [0.5, 0.6) is 0 Å². The molecule has 0 radical (unpaired) electrons. The third kappa shape index (κ3) is 4.32. The van der Waals surface area contributed by atoms with Crippen molar-refractivity contribution in [1.82, 2.24) is 9.97 Å². The molecule has 0 atom stereocenters. The van der Waals surface area contributed by atoms with Gasteiger partial charge >= 0.3 is 6.18 Å². The van der Waals surface area contributed by atoms with E-state index in [0.717, 1.165) is 12.1 Å². The highest BCUT2D eigenvalue weighted by atomic mass is 35.5. The highest BCUT2D eigenvalue weighted by Crippen LogP contribution is 2.32. The first-order valence-electron chi connectivity index (χ1n) is 7.46. The molecule has 27 heavy (non-hydrogen) atoms. The Morgan fingerprint density at radius 2 is 1.78 bits per heavy atom. The molecule has 10 heteroatoms. The SMILES string of the molecule is O=[N+]([O-])c1ccc(Cl)cc1-c1ccnc(Nc2ccc(C(F)(F)F)cc2)n1. The molecule has 1 N–H and O–H groups in total. The third-order valence-corrected chi connectivity index (χ3v) is 3.79. The second-order valence-electron chi connectivity index (χ2n) is 5.38. The first kappa shape index (κ1) is 18.6. The van der Waals surface area contributed by atoms with Crippen LogP contribution in [0.15, 0.2) is 54.7 Å². The minimum Gasteiger partial charge on any atom is -0.324 e. The summed E-state index contributed by atoms with van der Waals surface area (Å²) >= 11 is 5.92. The van der Waals surface area contributed by atoms with E-state index in [4.69, 9.17) is 11.6 Å². The summed E-state index contributed by atoms with van der Waals surface area (Å²) in [6.45, 7) is 0. The van der Waals surface area contributed by atoms with Crippen LogP contribution in [0.1, 0.15) is 5.56 Å². The Kier molecular flexibility index (Phi) is 4.95. The van der Waals surface area contributed by atoms with E-state index in [-0.39, 0.29) is 22.9 Å². The van der Waals surface area contributed by atoms with E-state index in [2.05, 4.69) is 15.3 Å². The Bertz CT molecular complexity index is 994. The molecule has 0 amide bonds. The number of nitro groups is 1. The van der Waals surface area contributed by atoms with Crippen molar-refractivity contribution in [2.45, 2.75) is 6.18 Å². The fourth-order valence-corrected chi connectivity index (χ4v) is 2.49. The second-order valence-corrected chi connectivity index (χ2v) is 5.82. The molecular weight excluding hydrogens is 385 g/mol. The summed E-state index contributed by atoms with van der Waals surface area (Å²) < 4.78 is 37.8. The molecular formula is C17H10ClF3N4O2. The Labute approximate surface area is 155 Å². The number of alkyl halides is 3. The number of aromatic nitrogens is 2. The minimum absolute atomic E-state index is 0.0709. The number of hydrogen-bond acceptors (Lipinski definition) is 5. The van der Waals surface area contributed by atoms with Gasteiger partial charge in [0.1, 0.15) is 0 Å². The molecule has 0 saturated heterocycles. The van der Waals surface area contributed by atoms with E-state index >= 15 is 0 Å². The van der Waals surface area contributed by atoms with E-state index in [9.17, 15) is 23.3 Å². The molecule has 0 fully saturated rings. The molecule has 3 rings (SSSR count). The molecule has 2 aromatic carbocycles. The van der Waals surface area contributed by atoms with Crippen LogP contribution >= 0.6 is 11.6 Å². The summed E-state index contributed by atoms with van der Waals surface area (Å²) in [5, 5.41) is 14.3. The number of nitro benzene ring substituents is 1. The van der Waals surface area contributed by atoms with Crippen molar-refractivity contribution in [2.24, 2.45) is 0 Å². The average molecular weight is 395 g/mol. The maximum absolute atomic E-state index is 12.6. The molecule has 0 bridgehead atoms. The molecule has 138 valence electrons. The first-order valence-corrected chi connectivity index (χ1v) is 7.83. The predicted molar refractivity (Wildman–Crippen MR) is 93.9 cm³/mol. The molecule has 0 unspecified atom stereocenters. The number of nitrogens with zero attached hydrogens (tertiary/aromatic N) is 3. The lowest BCUT2D eigenvalue weighted by Gasteiger charge is -2.09. The van der Waals surface area contributed by atoms with Gasteiger partial charge in [-0.2, -0.15) is 13.2 Å². The van der Waals surface area contributed by atoms with Gasteiger partial charge in [0.2, 0.25) is 5.95 Å². The van der Waals surface area contributed by atoms with Crippen molar-refractivity contribution in [3.05, 3.63) is 75.4 Å². The van der Waals surface area contributed by atoms with Crippen molar-refractivity contribution < 1.29 is 18.1 Å². The van der Waals surface area contributed by atoms with Gasteiger partial charge in [-0.05, 0) is 42.5 Å². The van der Waals surface area contributed by atoms with Crippen LogP contribution in [-0.2, 0) is 6.18 Å². The molecule has 3 aromatic rings. The zero-order chi connectivity index (χ0) is 19.6. The molecule has 0 spiro atoms. The average Bonchev–Trinajstić information content (AvgIpc) is 2.61. The van der Waals surface area contributed by atoms with E-state index in [0.29, 0.717) is 10.7 Å². The van der Waals surface area contributed by atoms with Crippen molar-refractivity contribution >= 4 is 28.9 Å². The smallest absolute Gasteiger partial charge is 0.324 e. The molecule has 6 nitrogen and oxygen atoms in total. The number of halogens is 4. The zero-order valence-corrected chi connectivity index (χ0v) is 14.1. The topological polar surface area (TPSA) is 81.0 Å². The van der Waals surface area contributed by atoms with Crippen molar-refractivity contribution in [1.29, 1.82) is 0 Å². The normalized spacial score (nSPS) is 11.3. The number of hydrogen-bond donors (Lipinski definition) is 1. The lowest BCUT2D eigenvalue weighted by Crippen LogP contribution is -2.05. The molecule has 1 heterocycles. The van der Waals surface area contributed by atoms with Gasteiger partial charge in [-0.1, -0.05) is 11.6 Å². The predicted octanol–water partition coefficient (Wildman–Crippen LogP) is 5.47. The number of benzene rings is 2. The van der Waals surface area contributed by atoms with Crippen LogP contribution in [-0.4, -0.2) is 14.9 Å². The molecule has 0 aliphatic heterocycles. The van der Waals surface area contributed by atoms with Crippen LogP contribution in [0.25, 0.3) is 11.3 Å². The lowest BCUT2D eigenvalue weighted by molar-refractivity contribution is -0.384. The van der Waals surface area contributed by atoms with Gasteiger partial charge in [-0.25, -0.2) is 9.97 Å². The second kappa shape index (κ2) is 7.20. The Balaban J connectivity index is 1.91. The summed E-state index contributed by atoms with van der Waals surface area (Å²) in [7, 11) is 0. The Morgan fingerprint density at radius 3 is 2.41 bits per heavy atom. The number of anilines is 2. The van der Waals surface area contributed by atoms with E-state index in [1.165, 1.54) is 42.6 Å². The molecule has 1 aromatic heterocycles. The summed E-state index contributed by atoms with van der Waals surface area (Å²) in [6, 6.07) is 9.86. The van der Waals surface area contributed by atoms with E-state index in [1.807, 2.05) is 0 Å². The van der Waals surface area contributed by atoms with Crippen molar-refractivity contribution in [3.63, 3.8) is 0 Å². The van der Waals surface area contributed by atoms with Crippen LogP contribution in [0.3, 0.4) is 0 Å². The summed E-state index contributed by atoms with van der Waals surface area (Å²) in [6.07, 6.45) is -3.06. The van der Waals surface area contributed by atoms with Gasteiger partial charge in [-0.15, -0.1) is 0 Å². The Hall–Kier alpha value is -3.20. The maximum atomic E-state index is 12.6. The van der Waals surface area contributed by atoms with Gasteiger partial charge in [0.25, 0.3) is 5.69 Å². The number of nitrogens with one attached hydrogen (secondary N) is 1. The van der Waals surface area contributed by atoms with Gasteiger partial charge in [0, 0.05) is 23.0 Å². The van der Waals surface area contributed by atoms with Crippen LogP contribution in [0.2, 0.25) is 5.02 Å². The molecule has 0 saturated carbocycles. The lowest BCUT2D eigenvalue weighted by atomic mass is 10.1. The van der Waals surface area contributed by atoms with Crippen molar-refractivity contribution in [3.8, 4) is 11.3 Å². The summed E-state index contributed by atoms with van der Waals surface area (Å²) in [5.74, 6) is 0.0709. The van der Waals surface area contributed by atoms with Crippen LogP contribution in [0, 0.1) is 10.1 Å². The standard InChI is InChI=1S/C17H10ClF3N4O2/c18-11-3-6-15(25(26)27)13(9-11)14-7-8-22-16(24-14)23-12-4-1-10(2-5-12)17(19,20)21/h1-9H,(H,22,23,24). The molecule has 0 aliphatic rings. The highest BCUT2D eigenvalue weighted by Gasteiger charge is 2.30. The van der Waals surface area contributed by atoms with Crippen molar-refractivity contribution in [2.75, 3.05) is 5.32 Å². The Morgan fingerprint density at radius 1 is 1.07 bits per heavy atom. The van der Waals surface area contributed by atoms with Gasteiger partial charge in [0.15, 0.2) is 0 Å². The third-order valence-electron chi connectivity index (χ3n) is 3.56. The fraction of sp³-hybridized carbons (Fsp3) is 0.0588. The fourth-order valence-electron chi connectivity index (χ4n) is 2.31. The largest absolute Gasteiger partial charge is 0.416 e. The molecule has 0 aliphatic carbocycles. The van der Waals surface area contributed by atoms with E-state index < -0.39 is 16.7 Å². The monoisotopic (exact) mass is 394 g/mol. The van der Waals surface area contributed by atoms with Crippen LogP contribution in [0.4, 0.5) is 30.5 Å². The van der Waals surface area contributed by atoms with Gasteiger partial charge in [-0.3, -0.25) is 10.1 Å². The first-order chi connectivity index (χ1) is 12.7. The maximum Gasteiger partial charge on any atom is 0.416 e. The summed E-state index contributed by atoms with van der Waals surface area (Å²) in [5.41, 5.74) is -0.185. The van der Waals surface area contributed by atoms with Gasteiger partial charge in [0.05, 0.1) is 21.7 Å². The summed E-state index contributed by atoms with van der Waals surface area (Å²) in [4.78, 5) is 18.8. The van der Waals surface area contributed by atoms with E-state index in [1.54, 1.807) is 0 Å². The van der Waals surface area contributed by atoms with Gasteiger partial charge < -0.3 is 5.32 Å². The van der Waals surface area contributed by atoms with Crippen LogP contribution < -0.4 is 5.32 Å². The number of rotatable bonds is 4. The zero-order valence-electron chi connectivity index (χ0n) is 13.4. The highest BCUT2D eigenvalue weighted by molar-refractivity contribution is 6.31. The quantitative estimate of drug-likeness (QED) is 0.469.